The Bertz CT molecular complexity index is 570. The average molecular weight is 312 g/mol. The van der Waals surface area contributed by atoms with Crippen molar-refractivity contribution in [2.24, 2.45) is 0 Å². The molecule has 1 aromatic rings. The second-order valence-corrected chi connectivity index (χ2v) is 5.42. The van der Waals surface area contributed by atoms with Crippen LogP contribution < -0.4 is 10.2 Å². The van der Waals surface area contributed by atoms with E-state index < -0.39 is 11.8 Å². The van der Waals surface area contributed by atoms with Crippen molar-refractivity contribution in [1.29, 1.82) is 0 Å². The molecule has 0 bridgehead atoms. The zero-order valence-corrected chi connectivity index (χ0v) is 12.5. The lowest BCUT2D eigenvalue weighted by Crippen LogP contribution is -2.50. The molecule has 1 heterocycles. The molecule has 0 aromatic heterocycles. The standard InChI is InChI=1S/C16H19F3N2O/c1-3-4-14-11-20-9-10-21(14)13-7-5-12(6-8-13)15(2,22)16(17,18)19/h5-8,14,20,22H,9-11H2,1-2H3/t14?,15-/m0/s1. The van der Waals surface area contributed by atoms with Crippen LogP contribution in [-0.2, 0) is 5.60 Å². The molecule has 0 radical (unpaired) electrons. The van der Waals surface area contributed by atoms with Crippen LogP contribution in [0.25, 0.3) is 0 Å². The largest absolute Gasteiger partial charge is 0.421 e. The maximum atomic E-state index is 12.8. The van der Waals surface area contributed by atoms with E-state index in [0.29, 0.717) is 6.54 Å². The van der Waals surface area contributed by atoms with Crippen molar-refractivity contribution < 1.29 is 18.3 Å². The number of nitrogens with zero attached hydrogens (tertiary/aromatic N) is 1. The number of rotatable bonds is 2. The van der Waals surface area contributed by atoms with Crippen LogP contribution >= 0.6 is 0 Å². The molecular weight excluding hydrogens is 293 g/mol. The van der Waals surface area contributed by atoms with Gasteiger partial charge in [-0.25, -0.2) is 0 Å². The van der Waals surface area contributed by atoms with Gasteiger partial charge in [0.15, 0.2) is 5.60 Å². The highest BCUT2D eigenvalue weighted by Crippen LogP contribution is 2.38. The van der Waals surface area contributed by atoms with Crippen LogP contribution in [0, 0.1) is 11.8 Å². The Kier molecular flexibility index (Phi) is 4.69. The zero-order chi connectivity index (χ0) is 16.4. The van der Waals surface area contributed by atoms with E-state index in [1.807, 2.05) is 0 Å². The fraction of sp³-hybridized carbons (Fsp3) is 0.500. The molecule has 0 spiro atoms. The predicted octanol–water partition coefficient (Wildman–Crippen LogP) is 2.26. The lowest BCUT2D eigenvalue weighted by Gasteiger charge is -2.35. The summed E-state index contributed by atoms with van der Waals surface area (Å²) >= 11 is 0. The van der Waals surface area contributed by atoms with Crippen molar-refractivity contribution in [3.05, 3.63) is 29.8 Å². The van der Waals surface area contributed by atoms with Gasteiger partial charge in [0.1, 0.15) is 6.04 Å². The maximum Gasteiger partial charge on any atom is 0.421 e. The van der Waals surface area contributed by atoms with Gasteiger partial charge in [-0.2, -0.15) is 13.2 Å². The number of piperazine rings is 1. The summed E-state index contributed by atoms with van der Waals surface area (Å²) in [7, 11) is 0. The molecule has 0 aliphatic carbocycles. The summed E-state index contributed by atoms with van der Waals surface area (Å²) in [5, 5.41) is 12.9. The van der Waals surface area contributed by atoms with Crippen molar-refractivity contribution in [2.45, 2.75) is 31.7 Å². The Morgan fingerprint density at radius 2 is 1.91 bits per heavy atom. The molecule has 2 rings (SSSR count). The van der Waals surface area contributed by atoms with Crippen LogP contribution in [0.2, 0.25) is 0 Å². The lowest BCUT2D eigenvalue weighted by atomic mass is 9.95. The topological polar surface area (TPSA) is 35.5 Å². The Balaban J connectivity index is 2.26. The molecule has 6 heteroatoms. The fourth-order valence-corrected chi connectivity index (χ4v) is 2.45. The quantitative estimate of drug-likeness (QED) is 0.822. The lowest BCUT2D eigenvalue weighted by molar-refractivity contribution is -0.258. The van der Waals surface area contributed by atoms with Gasteiger partial charge < -0.3 is 15.3 Å². The third kappa shape index (κ3) is 3.21. The Labute approximate surface area is 128 Å². The van der Waals surface area contributed by atoms with Crippen LogP contribution in [0.4, 0.5) is 18.9 Å². The van der Waals surface area contributed by atoms with Crippen molar-refractivity contribution in [2.75, 3.05) is 24.5 Å². The highest BCUT2D eigenvalue weighted by Gasteiger charge is 2.51. The molecule has 120 valence electrons. The van der Waals surface area contributed by atoms with Gasteiger partial charge in [0.2, 0.25) is 0 Å². The fourth-order valence-electron chi connectivity index (χ4n) is 2.45. The summed E-state index contributed by atoms with van der Waals surface area (Å²) in [6, 6.07) is 5.84. The van der Waals surface area contributed by atoms with E-state index in [-0.39, 0.29) is 11.6 Å². The van der Waals surface area contributed by atoms with Gasteiger partial charge in [0.05, 0.1) is 0 Å². The van der Waals surface area contributed by atoms with Crippen molar-refractivity contribution >= 4 is 5.69 Å². The molecule has 22 heavy (non-hydrogen) atoms. The molecule has 1 aromatic carbocycles. The van der Waals surface area contributed by atoms with E-state index in [1.165, 1.54) is 12.1 Å². The SMILES string of the molecule is CC#CC1CNCCN1c1ccc([C@](C)(O)C(F)(F)F)cc1. The number of halogens is 3. The van der Waals surface area contributed by atoms with Crippen molar-refractivity contribution in [3.63, 3.8) is 0 Å². The minimum absolute atomic E-state index is 0.00673. The van der Waals surface area contributed by atoms with E-state index in [9.17, 15) is 18.3 Å². The molecule has 1 fully saturated rings. The van der Waals surface area contributed by atoms with Gasteiger partial charge in [-0.15, -0.1) is 5.92 Å². The first-order chi connectivity index (χ1) is 10.3. The van der Waals surface area contributed by atoms with Gasteiger partial charge in [0.25, 0.3) is 0 Å². The highest BCUT2D eigenvalue weighted by atomic mass is 19.4. The summed E-state index contributed by atoms with van der Waals surface area (Å²) in [4.78, 5) is 2.05. The van der Waals surface area contributed by atoms with Crippen LogP contribution in [0.5, 0.6) is 0 Å². The molecule has 0 saturated carbocycles. The molecule has 0 amide bonds. The van der Waals surface area contributed by atoms with Crippen LogP contribution in [0.1, 0.15) is 19.4 Å². The Morgan fingerprint density at radius 3 is 2.45 bits per heavy atom. The van der Waals surface area contributed by atoms with Crippen LogP contribution in [-0.4, -0.2) is 37.0 Å². The minimum Gasteiger partial charge on any atom is -0.376 e. The minimum atomic E-state index is -4.71. The monoisotopic (exact) mass is 312 g/mol. The third-order valence-corrected chi connectivity index (χ3v) is 3.87. The molecule has 2 N–H and O–H groups in total. The van der Waals surface area contributed by atoms with Gasteiger partial charge in [-0.1, -0.05) is 18.1 Å². The Morgan fingerprint density at radius 1 is 1.27 bits per heavy atom. The maximum absolute atomic E-state index is 12.8. The summed E-state index contributed by atoms with van der Waals surface area (Å²) in [5.74, 6) is 5.96. The van der Waals surface area contributed by atoms with E-state index in [4.69, 9.17) is 0 Å². The summed E-state index contributed by atoms with van der Waals surface area (Å²) in [5.41, 5.74) is -2.22. The van der Waals surface area contributed by atoms with Crippen LogP contribution in [0.15, 0.2) is 24.3 Å². The van der Waals surface area contributed by atoms with Gasteiger partial charge in [-0.3, -0.25) is 0 Å². The van der Waals surface area contributed by atoms with Gasteiger partial charge in [-0.05, 0) is 31.5 Å². The molecule has 1 aliphatic heterocycles. The second kappa shape index (κ2) is 6.19. The number of nitrogens with one attached hydrogen (secondary N) is 1. The molecule has 1 aliphatic rings. The number of hydrogen-bond acceptors (Lipinski definition) is 3. The molecule has 1 unspecified atom stereocenters. The molecule has 1 saturated heterocycles. The van der Waals surface area contributed by atoms with E-state index >= 15 is 0 Å². The van der Waals surface area contributed by atoms with Gasteiger partial charge in [0, 0.05) is 25.3 Å². The molecule has 2 atom stereocenters. The number of aliphatic hydroxyl groups is 1. The smallest absolute Gasteiger partial charge is 0.376 e. The first-order valence-corrected chi connectivity index (χ1v) is 7.06. The molecule has 3 nitrogen and oxygen atoms in total. The van der Waals surface area contributed by atoms with Gasteiger partial charge >= 0.3 is 6.18 Å². The highest BCUT2D eigenvalue weighted by molar-refractivity contribution is 5.52. The average Bonchev–Trinajstić information content (AvgIpc) is 2.47. The van der Waals surface area contributed by atoms with Crippen LogP contribution in [0.3, 0.4) is 0 Å². The summed E-state index contributed by atoms with van der Waals surface area (Å²) in [6.45, 7) is 4.76. The predicted molar refractivity (Wildman–Crippen MR) is 79.5 cm³/mol. The summed E-state index contributed by atoms with van der Waals surface area (Å²) in [6.07, 6.45) is -4.71. The molecular formula is C16H19F3N2O. The van der Waals surface area contributed by atoms with E-state index in [2.05, 4.69) is 22.1 Å². The first-order valence-electron chi connectivity index (χ1n) is 7.06. The van der Waals surface area contributed by atoms with Crippen molar-refractivity contribution in [3.8, 4) is 11.8 Å². The van der Waals surface area contributed by atoms with E-state index in [1.54, 1.807) is 19.1 Å². The van der Waals surface area contributed by atoms with E-state index in [0.717, 1.165) is 25.7 Å². The number of benzene rings is 1. The number of anilines is 1. The zero-order valence-electron chi connectivity index (χ0n) is 12.5. The normalized spacial score (nSPS) is 21.7. The second-order valence-electron chi connectivity index (χ2n) is 5.42. The number of alkyl halides is 3. The first kappa shape index (κ1) is 16.7. The summed E-state index contributed by atoms with van der Waals surface area (Å²) < 4.78 is 38.5. The third-order valence-electron chi connectivity index (χ3n) is 3.87. The number of hydrogen-bond donors (Lipinski definition) is 2. The van der Waals surface area contributed by atoms with Crippen molar-refractivity contribution in [1.82, 2.24) is 5.32 Å². The Hall–Kier alpha value is -1.71.